The van der Waals surface area contributed by atoms with Crippen LogP contribution in [0.4, 0.5) is 14.5 Å². The van der Waals surface area contributed by atoms with E-state index in [-0.39, 0.29) is 17.7 Å². The molecule has 1 amide bonds. The van der Waals surface area contributed by atoms with Gasteiger partial charge in [-0.1, -0.05) is 30.8 Å². The molecule has 3 rings (SSSR count). The van der Waals surface area contributed by atoms with E-state index in [1.54, 1.807) is 23.1 Å². The van der Waals surface area contributed by atoms with Gasteiger partial charge >= 0.3 is 0 Å². The SMILES string of the molecule is CC[C@@H](C)N1C(=O)c2ccccc2N[C@H]1c1ccc(CSC(F)F)o1. The number of carbonyl (C=O) groups is 1. The summed E-state index contributed by atoms with van der Waals surface area (Å²) in [5.74, 6) is -1.39. The van der Waals surface area contributed by atoms with Gasteiger partial charge in [-0.2, -0.15) is 8.78 Å². The maximum atomic E-state index is 13.0. The summed E-state index contributed by atoms with van der Waals surface area (Å²) in [6, 6.07) is 10.8. The lowest BCUT2D eigenvalue weighted by atomic mass is 10.0. The van der Waals surface area contributed by atoms with E-state index < -0.39 is 11.9 Å². The molecule has 4 nitrogen and oxygen atoms in total. The van der Waals surface area contributed by atoms with Crippen molar-refractivity contribution in [2.45, 2.75) is 44.0 Å². The maximum Gasteiger partial charge on any atom is 0.284 e. The summed E-state index contributed by atoms with van der Waals surface area (Å²) in [7, 11) is 0. The highest BCUT2D eigenvalue weighted by Gasteiger charge is 2.36. The van der Waals surface area contributed by atoms with Crippen molar-refractivity contribution in [2.24, 2.45) is 0 Å². The topological polar surface area (TPSA) is 45.5 Å². The normalized spacial score (nSPS) is 18.2. The molecule has 2 aromatic rings. The highest BCUT2D eigenvalue weighted by molar-refractivity contribution is 7.98. The van der Waals surface area contributed by atoms with E-state index in [0.29, 0.717) is 28.8 Å². The number of thioether (sulfide) groups is 1. The summed E-state index contributed by atoms with van der Waals surface area (Å²) in [6.07, 6.45) is 0.337. The molecule has 7 heteroatoms. The minimum atomic E-state index is -2.44. The Morgan fingerprint density at radius 3 is 2.76 bits per heavy atom. The highest BCUT2D eigenvalue weighted by Crippen LogP contribution is 2.36. The van der Waals surface area contributed by atoms with Crippen molar-refractivity contribution in [3.63, 3.8) is 0 Å². The Labute approximate surface area is 149 Å². The molecular formula is C18H20F2N2O2S. The van der Waals surface area contributed by atoms with Gasteiger partial charge in [-0.05, 0) is 37.6 Å². The number of amides is 1. The van der Waals surface area contributed by atoms with Gasteiger partial charge in [0.05, 0.1) is 11.3 Å². The Morgan fingerprint density at radius 2 is 2.04 bits per heavy atom. The molecule has 0 saturated carbocycles. The fraction of sp³-hybridized carbons (Fsp3) is 0.389. The minimum absolute atomic E-state index is 0.00217. The van der Waals surface area contributed by atoms with Crippen molar-refractivity contribution in [3.8, 4) is 0 Å². The molecule has 1 N–H and O–H groups in total. The molecule has 0 aliphatic carbocycles. The third-order valence-corrected chi connectivity index (χ3v) is 5.03. The Bertz CT molecular complexity index is 750. The Balaban J connectivity index is 1.91. The van der Waals surface area contributed by atoms with Gasteiger partial charge in [0.25, 0.3) is 11.7 Å². The van der Waals surface area contributed by atoms with Gasteiger partial charge in [-0.25, -0.2) is 0 Å². The van der Waals surface area contributed by atoms with Crippen molar-refractivity contribution in [3.05, 3.63) is 53.5 Å². The summed E-state index contributed by atoms with van der Waals surface area (Å²) in [5.41, 5.74) is 1.37. The monoisotopic (exact) mass is 366 g/mol. The predicted molar refractivity (Wildman–Crippen MR) is 94.7 cm³/mol. The maximum absolute atomic E-state index is 13.0. The number of nitrogens with zero attached hydrogens (tertiary/aromatic N) is 1. The lowest BCUT2D eigenvalue weighted by Gasteiger charge is -2.40. The number of benzene rings is 1. The van der Waals surface area contributed by atoms with Crippen molar-refractivity contribution in [2.75, 3.05) is 5.32 Å². The van der Waals surface area contributed by atoms with E-state index in [2.05, 4.69) is 5.32 Å². The number of halogens is 2. The fourth-order valence-electron chi connectivity index (χ4n) is 2.89. The van der Waals surface area contributed by atoms with Crippen molar-refractivity contribution < 1.29 is 18.0 Å². The Morgan fingerprint density at radius 1 is 1.28 bits per heavy atom. The predicted octanol–water partition coefficient (Wildman–Crippen LogP) is 5.10. The smallest absolute Gasteiger partial charge is 0.284 e. The number of anilines is 1. The molecule has 25 heavy (non-hydrogen) atoms. The second kappa shape index (κ2) is 7.47. The number of para-hydroxylation sites is 1. The second-order valence-corrected chi connectivity index (χ2v) is 6.92. The van der Waals surface area contributed by atoms with Crippen LogP contribution in [0.25, 0.3) is 0 Å². The van der Waals surface area contributed by atoms with Crippen LogP contribution in [0.3, 0.4) is 0 Å². The zero-order chi connectivity index (χ0) is 18.0. The molecule has 0 spiro atoms. The number of rotatable bonds is 6. The van der Waals surface area contributed by atoms with Crippen LogP contribution in [0.15, 0.2) is 40.8 Å². The average Bonchev–Trinajstić information content (AvgIpc) is 3.08. The van der Waals surface area contributed by atoms with Crippen LogP contribution in [-0.2, 0) is 5.75 Å². The zero-order valence-corrected chi connectivity index (χ0v) is 14.9. The minimum Gasteiger partial charge on any atom is -0.461 e. The molecule has 0 radical (unpaired) electrons. The molecule has 1 aromatic carbocycles. The van der Waals surface area contributed by atoms with Crippen molar-refractivity contribution in [1.29, 1.82) is 0 Å². The lowest BCUT2D eigenvalue weighted by molar-refractivity contribution is 0.0566. The van der Waals surface area contributed by atoms with Gasteiger partial charge in [0.1, 0.15) is 11.5 Å². The first kappa shape index (κ1) is 17.8. The Kier molecular flexibility index (Phi) is 5.32. The molecule has 0 fully saturated rings. The molecular weight excluding hydrogens is 346 g/mol. The number of carbonyl (C=O) groups excluding carboxylic acids is 1. The first-order chi connectivity index (χ1) is 12.0. The van der Waals surface area contributed by atoms with Crippen LogP contribution >= 0.6 is 11.8 Å². The standard InChI is InChI=1S/C18H20F2N2O2S/c1-3-11(2)22-16(15-9-8-12(24-15)10-25-18(19)20)21-14-7-5-4-6-13(14)17(22)23/h4-9,11,16,18,21H,3,10H2,1-2H3/t11-,16-/m1/s1. The van der Waals surface area contributed by atoms with E-state index in [9.17, 15) is 13.6 Å². The number of alkyl halides is 2. The molecule has 1 aliphatic rings. The van der Waals surface area contributed by atoms with Gasteiger partial charge in [-0.3, -0.25) is 4.79 Å². The number of furan rings is 1. The van der Waals surface area contributed by atoms with Gasteiger partial charge in [-0.15, -0.1) is 0 Å². The molecule has 2 atom stereocenters. The van der Waals surface area contributed by atoms with Crippen LogP contribution in [0, 0.1) is 0 Å². The lowest BCUT2D eigenvalue weighted by Crippen LogP contribution is -2.47. The summed E-state index contributed by atoms with van der Waals surface area (Å²) in [4.78, 5) is 14.7. The molecule has 0 saturated heterocycles. The first-order valence-electron chi connectivity index (χ1n) is 8.17. The number of nitrogens with one attached hydrogen (secondary N) is 1. The number of fused-ring (bicyclic) bond motifs is 1. The number of hydrogen-bond acceptors (Lipinski definition) is 4. The second-order valence-electron chi connectivity index (χ2n) is 5.94. The molecule has 0 unspecified atom stereocenters. The third kappa shape index (κ3) is 3.66. The van der Waals surface area contributed by atoms with Gasteiger partial charge in [0.2, 0.25) is 0 Å². The summed E-state index contributed by atoms with van der Waals surface area (Å²) >= 11 is 0.517. The fourth-order valence-corrected chi connectivity index (χ4v) is 3.34. The van der Waals surface area contributed by atoms with E-state index in [1.165, 1.54) is 0 Å². The molecule has 1 aromatic heterocycles. The van der Waals surface area contributed by atoms with Gasteiger partial charge < -0.3 is 14.6 Å². The van der Waals surface area contributed by atoms with Crippen LogP contribution < -0.4 is 5.32 Å². The zero-order valence-electron chi connectivity index (χ0n) is 14.0. The van der Waals surface area contributed by atoms with Crippen LogP contribution in [-0.4, -0.2) is 22.6 Å². The quantitative estimate of drug-likeness (QED) is 0.772. The van der Waals surface area contributed by atoms with E-state index in [0.717, 1.165) is 12.1 Å². The van der Waals surface area contributed by atoms with Crippen LogP contribution in [0.2, 0.25) is 0 Å². The van der Waals surface area contributed by atoms with E-state index in [1.807, 2.05) is 32.0 Å². The Hall–Kier alpha value is -2.02. The third-order valence-electron chi connectivity index (χ3n) is 4.33. The van der Waals surface area contributed by atoms with Crippen LogP contribution in [0.5, 0.6) is 0 Å². The average molecular weight is 366 g/mol. The summed E-state index contributed by atoms with van der Waals surface area (Å²) in [5, 5.41) is 3.34. The first-order valence-corrected chi connectivity index (χ1v) is 9.22. The van der Waals surface area contributed by atoms with E-state index in [4.69, 9.17) is 4.42 Å². The van der Waals surface area contributed by atoms with Crippen molar-refractivity contribution in [1.82, 2.24) is 4.90 Å². The van der Waals surface area contributed by atoms with Gasteiger partial charge in [0, 0.05) is 11.7 Å². The molecule has 1 aliphatic heterocycles. The molecule has 2 heterocycles. The summed E-state index contributed by atoms with van der Waals surface area (Å²) in [6.45, 7) is 4.00. The van der Waals surface area contributed by atoms with Crippen LogP contribution in [0.1, 0.15) is 48.3 Å². The van der Waals surface area contributed by atoms with Crippen molar-refractivity contribution >= 4 is 23.4 Å². The molecule has 134 valence electrons. The van der Waals surface area contributed by atoms with E-state index >= 15 is 0 Å². The largest absolute Gasteiger partial charge is 0.461 e. The molecule has 0 bridgehead atoms. The highest BCUT2D eigenvalue weighted by atomic mass is 32.2. The number of hydrogen-bond donors (Lipinski definition) is 1. The van der Waals surface area contributed by atoms with Gasteiger partial charge in [0.15, 0.2) is 6.17 Å². The summed E-state index contributed by atoms with van der Waals surface area (Å²) < 4.78 is 30.5.